The minimum atomic E-state index is 0.0969. The number of nitrogens with zero attached hydrogens (tertiary/aromatic N) is 2. The molecule has 0 aliphatic carbocycles. The highest BCUT2D eigenvalue weighted by Gasteiger charge is 2.17. The maximum atomic E-state index is 12.9. The van der Waals surface area contributed by atoms with Crippen molar-refractivity contribution in [2.45, 2.75) is 20.0 Å². The fourth-order valence-corrected chi connectivity index (χ4v) is 3.17. The Morgan fingerprint density at radius 2 is 1.52 bits per heavy atom. The molecule has 0 saturated carbocycles. The molecule has 0 aliphatic heterocycles. The first-order valence-electron chi connectivity index (χ1n) is 7.98. The molecule has 0 N–H and O–H groups in total. The quantitative estimate of drug-likeness (QED) is 0.733. The third-order valence-electron chi connectivity index (χ3n) is 4.13. The number of pyridine rings is 1. The van der Waals surface area contributed by atoms with Crippen molar-refractivity contribution < 1.29 is 0 Å². The van der Waals surface area contributed by atoms with Crippen LogP contribution in [0.4, 0.5) is 0 Å². The largest absolute Gasteiger partial charge is 0.310 e. The van der Waals surface area contributed by atoms with E-state index < -0.39 is 0 Å². The zero-order valence-electron chi connectivity index (χ0n) is 13.9. The van der Waals surface area contributed by atoms with E-state index in [-0.39, 0.29) is 5.56 Å². The highest BCUT2D eigenvalue weighted by molar-refractivity contribution is 5.97. The van der Waals surface area contributed by atoms with E-state index in [2.05, 4.69) is 23.1 Å². The summed E-state index contributed by atoms with van der Waals surface area (Å²) in [6.07, 6.45) is 0. The Morgan fingerprint density at radius 3 is 2.13 bits per heavy atom. The molecule has 1 aromatic heterocycles. The Labute approximate surface area is 136 Å². The van der Waals surface area contributed by atoms with Crippen LogP contribution < -0.4 is 5.56 Å². The van der Waals surface area contributed by atoms with E-state index in [1.165, 1.54) is 0 Å². The molecular formula is C20H22N2O. The molecule has 0 unspecified atom stereocenters. The van der Waals surface area contributed by atoms with Crippen LogP contribution in [0, 0.1) is 0 Å². The minimum Gasteiger partial charge on any atom is -0.310 e. The molecule has 23 heavy (non-hydrogen) atoms. The molecule has 3 heteroatoms. The summed E-state index contributed by atoms with van der Waals surface area (Å²) in [5.41, 5.74) is 3.49. The normalized spacial score (nSPS) is 11.3. The van der Waals surface area contributed by atoms with E-state index in [1.807, 2.05) is 62.0 Å². The number of benzene rings is 2. The molecule has 0 bridgehead atoms. The lowest BCUT2D eigenvalue weighted by Gasteiger charge is -2.21. The second-order valence-electron chi connectivity index (χ2n) is 6.02. The molecule has 0 radical (unpaired) electrons. The van der Waals surface area contributed by atoms with Gasteiger partial charge in [-0.2, -0.15) is 0 Å². The van der Waals surface area contributed by atoms with Gasteiger partial charge in [0.25, 0.3) is 5.56 Å². The zero-order valence-corrected chi connectivity index (χ0v) is 13.9. The highest BCUT2D eigenvalue weighted by Crippen LogP contribution is 2.31. The maximum Gasteiger partial charge on any atom is 0.258 e. The van der Waals surface area contributed by atoms with Crippen molar-refractivity contribution in [2.75, 3.05) is 14.1 Å². The first kappa shape index (κ1) is 15.5. The second-order valence-corrected chi connectivity index (χ2v) is 6.02. The standard InChI is InChI=1S/C20H22N2O/c1-4-22-18(14-21(2)3)19(15-10-6-5-7-11-15)16-12-8-9-13-17(16)20(22)23/h5-13H,4,14H2,1-3H3. The van der Waals surface area contributed by atoms with Crippen LogP contribution >= 0.6 is 0 Å². The van der Waals surface area contributed by atoms with E-state index in [0.29, 0.717) is 6.54 Å². The van der Waals surface area contributed by atoms with Gasteiger partial charge in [-0.25, -0.2) is 0 Å². The van der Waals surface area contributed by atoms with Crippen molar-refractivity contribution in [3.63, 3.8) is 0 Å². The van der Waals surface area contributed by atoms with Crippen molar-refractivity contribution in [3.8, 4) is 11.1 Å². The topological polar surface area (TPSA) is 25.2 Å². The summed E-state index contributed by atoms with van der Waals surface area (Å²) >= 11 is 0. The van der Waals surface area contributed by atoms with Crippen LogP contribution in [0.3, 0.4) is 0 Å². The van der Waals surface area contributed by atoms with Crippen molar-refractivity contribution in [2.24, 2.45) is 0 Å². The molecule has 2 aromatic carbocycles. The van der Waals surface area contributed by atoms with Gasteiger partial charge in [0.15, 0.2) is 0 Å². The van der Waals surface area contributed by atoms with Gasteiger partial charge in [0.05, 0.1) is 0 Å². The summed E-state index contributed by atoms with van der Waals surface area (Å²) in [5, 5.41) is 1.82. The molecule has 0 spiro atoms. The lowest BCUT2D eigenvalue weighted by Crippen LogP contribution is -2.27. The van der Waals surface area contributed by atoms with Gasteiger partial charge in [0.2, 0.25) is 0 Å². The SMILES string of the molecule is CCn1c(CN(C)C)c(-c2ccccc2)c2ccccc2c1=O. The molecular weight excluding hydrogens is 284 g/mol. The predicted octanol–water partition coefficient (Wildman–Crippen LogP) is 3.75. The molecule has 3 aromatic rings. The van der Waals surface area contributed by atoms with Gasteiger partial charge < -0.3 is 9.47 Å². The van der Waals surface area contributed by atoms with Crippen molar-refractivity contribution >= 4 is 10.8 Å². The van der Waals surface area contributed by atoms with E-state index in [1.54, 1.807) is 0 Å². The van der Waals surface area contributed by atoms with Crippen LogP contribution in [0.25, 0.3) is 21.9 Å². The maximum absolute atomic E-state index is 12.9. The van der Waals surface area contributed by atoms with Crippen molar-refractivity contribution in [3.05, 3.63) is 70.6 Å². The lowest BCUT2D eigenvalue weighted by molar-refractivity contribution is 0.386. The summed E-state index contributed by atoms with van der Waals surface area (Å²) in [6, 6.07) is 18.3. The smallest absolute Gasteiger partial charge is 0.258 e. The van der Waals surface area contributed by atoms with Gasteiger partial charge in [-0.15, -0.1) is 0 Å². The van der Waals surface area contributed by atoms with Crippen LogP contribution in [-0.4, -0.2) is 23.6 Å². The average Bonchev–Trinajstić information content (AvgIpc) is 2.56. The van der Waals surface area contributed by atoms with Gasteiger partial charge in [0, 0.05) is 29.7 Å². The van der Waals surface area contributed by atoms with Crippen molar-refractivity contribution in [1.29, 1.82) is 0 Å². The first-order valence-corrected chi connectivity index (χ1v) is 7.98. The Kier molecular flexibility index (Phi) is 4.30. The molecule has 0 saturated heterocycles. The summed E-state index contributed by atoms with van der Waals surface area (Å²) in [6.45, 7) is 3.44. The van der Waals surface area contributed by atoms with Crippen LogP contribution in [0.15, 0.2) is 59.4 Å². The third kappa shape index (κ3) is 2.80. The molecule has 0 atom stereocenters. The van der Waals surface area contributed by atoms with Crippen molar-refractivity contribution in [1.82, 2.24) is 9.47 Å². The fourth-order valence-electron chi connectivity index (χ4n) is 3.17. The molecule has 0 fully saturated rings. The lowest BCUT2D eigenvalue weighted by atomic mass is 9.96. The number of hydrogen-bond donors (Lipinski definition) is 0. The van der Waals surface area contributed by atoms with E-state index in [4.69, 9.17) is 0 Å². The fraction of sp³-hybridized carbons (Fsp3) is 0.250. The van der Waals surface area contributed by atoms with Crippen LogP contribution in [0.5, 0.6) is 0 Å². The number of hydrogen-bond acceptors (Lipinski definition) is 2. The molecule has 3 nitrogen and oxygen atoms in total. The monoisotopic (exact) mass is 306 g/mol. The van der Waals surface area contributed by atoms with Gasteiger partial charge in [-0.3, -0.25) is 4.79 Å². The zero-order chi connectivity index (χ0) is 16.4. The molecule has 3 rings (SSSR count). The average molecular weight is 306 g/mol. The van der Waals surface area contributed by atoms with Crippen LogP contribution in [0.2, 0.25) is 0 Å². The number of fused-ring (bicyclic) bond motifs is 1. The van der Waals surface area contributed by atoms with E-state index in [9.17, 15) is 4.79 Å². The summed E-state index contributed by atoms with van der Waals surface area (Å²) < 4.78 is 1.91. The Bertz CT molecular complexity index is 879. The van der Waals surface area contributed by atoms with Gasteiger partial charge >= 0.3 is 0 Å². The van der Waals surface area contributed by atoms with Gasteiger partial charge in [-0.1, -0.05) is 48.5 Å². The molecule has 118 valence electrons. The first-order chi connectivity index (χ1) is 11.1. The summed E-state index contributed by atoms with van der Waals surface area (Å²) in [7, 11) is 4.07. The Hall–Kier alpha value is -2.39. The van der Waals surface area contributed by atoms with E-state index >= 15 is 0 Å². The second kappa shape index (κ2) is 6.39. The number of rotatable bonds is 4. The van der Waals surface area contributed by atoms with E-state index in [0.717, 1.165) is 34.1 Å². The summed E-state index contributed by atoms with van der Waals surface area (Å²) in [4.78, 5) is 15.0. The Morgan fingerprint density at radius 1 is 0.913 bits per heavy atom. The van der Waals surface area contributed by atoms with Gasteiger partial charge in [0.1, 0.15) is 0 Å². The molecule has 0 aliphatic rings. The Balaban J connectivity index is 2.47. The van der Waals surface area contributed by atoms with Crippen LogP contribution in [0.1, 0.15) is 12.6 Å². The predicted molar refractivity (Wildman–Crippen MR) is 96.7 cm³/mol. The molecule has 0 amide bonds. The third-order valence-corrected chi connectivity index (χ3v) is 4.13. The highest BCUT2D eigenvalue weighted by atomic mass is 16.1. The minimum absolute atomic E-state index is 0.0969. The molecule has 1 heterocycles. The van der Waals surface area contributed by atoms with Crippen LogP contribution in [-0.2, 0) is 13.1 Å². The summed E-state index contributed by atoms with van der Waals surface area (Å²) in [5.74, 6) is 0. The van der Waals surface area contributed by atoms with Gasteiger partial charge in [-0.05, 0) is 38.0 Å². The number of aromatic nitrogens is 1.